The molecule has 1 fully saturated rings. The number of nitrogens with zero attached hydrogens (tertiary/aromatic N) is 1. The highest BCUT2D eigenvalue weighted by Crippen LogP contribution is 2.17. The van der Waals surface area contributed by atoms with Gasteiger partial charge in [0.15, 0.2) is 0 Å². The van der Waals surface area contributed by atoms with Crippen molar-refractivity contribution >= 4 is 11.6 Å². The highest BCUT2D eigenvalue weighted by Gasteiger charge is 2.19. The summed E-state index contributed by atoms with van der Waals surface area (Å²) < 4.78 is 0. The molecule has 0 bridgehead atoms. The molecule has 2 rings (SSSR count). The average Bonchev–Trinajstić information content (AvgIpc) is 2.30. The van der Waals surface area contributed by atoms with Gasteiger partial charge in [-0.3, -0.25) is 4.79 Å². The summed E-state index contributed by atoms with van der Waals surface area (Å²) >= 11 is 0. The van der Waals surface area contributed by atoms with E-state index in [0.717, 1.165) is 25.9 Å². The SMILES string of the molecule is Nc1ccccc1C(=O)N1CCCCC1.[Cl-]. The molecule has 3 nitrogen and oxygen atoms in total. The summed E-state index contributed by atoms with van der Waals surface area (Å²) in [7, 11) is 0. The highest BCUT2D eigenvalue weighted by atomic mass is 35.5. The first-order valence-corrected chi connectivity index (χ1v) is 5.43. The van der Waals surface area contributed by atoms with Crippen molar-refractivity contribution in [1.29, 1.82) is 0 Å². The topological polar surface area (TPSA) is 46.3 Å². The Morgan fingerprint density at radius 3 is 2.38 bits per heavy atom. The largest absolute Gasteiger partial charge is 1.00 e. The average molecular weight is 240 g/mol. The van der Waals surface area contributed by atoms with E-state index in [4.69, 9.17) is 5.73 Å². The number of hydrogen-bond acceptors (Lipinski definition) is 2. The fourth-order valence-corrected chi connectivity index (χ4v) is 1.96. The molecule has 1 amide bonds. The van der Waals surface area contributed by atoms with Crippen LogP contribution in [0.5, 0.6) is 0 Å². The summed E-state index contributed by atoms with van der Waals surface area (Å²) in [5.41, 5.74) is 7.00. The van der Waals surface area contributed by atoms with E-state index < -0.39 is 0 Å². The number of carbonyl (C=O) groups excluding carboxylic acids is 1. The first-order chi connectivity index (χ1) is 7.29. The number of carbonyl (C=O) groups is 1. The molecular weight excluding hydrogens is 224 g/mol. The number of benzene rings is 1. The van der Waals surface area contributed by atoms with Crippen molar-refractivity contribution in [3.05, 3.63) is 29.8 Å². The van der Waals surface area contributed by atoms with Crippen molar-refractivity contribution in [1.82, 2.24) is 4.90 Å². The van der Waals surface area contributed by atoms with Crippen LogP contribution in [0.1, 0.15) is 29.6 Å². The molecule has 0 aliphatic carbocycles. The van der Waals surface area contributed by atoms with Gasteiger partial charge >= 0.3 is 0 Å². The second-order valence-corrected chi connectivity index (χ2v) is 3.94. The zero-order valence-electron chi connectivity index (χ0n) is 9.16. The van der Waals surface area contributed by atoms with E-state index in [1.807, 2.05) is 17.0 Å². The number of amides is 1. The minimum atomic E-state index is 0. The van der Waals surface area contributed by atoms with Crippen LogP contribution in [0, 0.1) is 0 Å². The predicted molar refractivity (Wildman–Crippen MR) is 60.6 cm³/mol. The molecule has 0 spiro atoms. The lowest BCUT2D eigenvalue weighted by atomic mass is 10.1. The van der Waals surface area contributed by atoms with Crippen molar-refractivity contribution in [2.24, 2.45) is 0 Å². The molecule has 16 heavy (non-hydrogen) atoms. The van der Waals surface area contributed by atoms with Gasteiger partial charge in [-0.2, -0.15) is 0 Å². The minimum Gasteiger partial charge on any atom is -1.00 e. The number of nitrogen functional groups attached to an aromatic ring is 1. The molecule has 1 aliphatic rings. The van der Waals surface area contributed by atoms with Crippen LogP contribution in [0.15, 0.2) is 24.3 Å². The standard InChI is InChI=1S/C12H16N2O.ClH/c13-11-7-3-2-6-10(11)12(15)14-8-4-1-5-9-14;/h2-3,6-7H,1,4-5,8-9,13H2;1H/p-1. The minimum absolute atomic E-state index is 0. The second kappa shape index (κ2) is 5.75. The van der Waals surface area contributed by atoms with Gasteiger partial charge in [-0.15, -0.1) is 0 Å². The van der Waals surface area contributed by atoms with Gasteiger partial charge in [0.1, 0.15) is 0 Å². The highest BCUT2D eigenvalue weighted by molar-refractivity contribution is 5.99. The van der Waals surface area contributed by atoms with Crippen LogP contribution >= 0.6 is 0 Å². The normalized spacial score (nSPS) is 15.4. The third kappa shape index (κ3) is 2.67. The molecule has 0 saturated carbocycles. The quantitative estimate of drug-likeness (QED) is 0.633. The number of para-hydroxylation sites is 1. The van der Waals surface area contributed by atoms with Gasteiger partial charge in [0.05, 0.1) is 5.56 Å². The van der Waals surface area contributed by atoms with E-state index in [9.17, 15) is 4.79 Å². The van der Waals surface area contributed by atoms with Crippen molar-refractivity contribution < 1.29 is 17.2 Å². The molecule has 0 atom stereocenters. The van der Waals surface area contributed by atoms with Crippen LogP contribution in [0.3, 0.4) is 0 Å². The van der Waals surface area contributed by atoms with Crippen LogP contribution in [0.25, 0.3) is 0 Å². The monoisotopic (exact) mass is 239 g/mol. The third-order valence-corrected chi connectivity index (χ3v) is 2.83. The number of rotatable bonds is 1. The van der Waals surface area contributed by atoms with Gasteiger partial charge in [-0.1, -0.05) is 12.1 Å². The van der Waals surface area contributed by atoms with Gasteiger partial charge < -0.3 is 23.0 Å². The number of anilines is 1. The van der Waals surface area contributed by atoms with E-state index in [0.29, 0.717) is 11.3 Å². The zero-order chi connectivity index (χ0) is 10.7. The number of piperidine rings is 1. The molecule has 88 valence electrons. The predicted octanol–water partition coefficient (Wildman–Crippen LogP) is -1.10. The smallest absolute Gasteiger partial charge is 0.255 e. The molecule has 1 aromatic carbocycles. The van der Waals surface area contributed by atoms with E-state index in [2.05, 4.69) is 0 Å². The Morgan fingerprint density at radius 1 is 1.12 bits per heavy atom. The lowest BCUT2D eigenvalue weighted by molar-refractivity contribution is -0.0000133. The maximum atomic E-state index is 12.1. The van der Waals surface area contributed by atoms with Crippen LogP contribution in [-0.4, -0.2) is 23.9 Å². The summed E-state index contributed by atoms with van der Waals surface area (Å²) in [6, 6.07) is 7.28. The maximum absolute atomic E-state index is 12.1. The molecule has 0 aromatic heterocycles. The Labute approximate surface area is 102 Å². The van der Waals surface area contributed by atoms with E-state index in [1.54, 1.807) is 12.1 Å². The molecule has 1 heterocycles. The van der Waals surface area contributed by atoms with Gasteiger partial charge in [0.2, 0.25) is 0 Å². The van der Waals surface area contributed by atoms with Crippen LogP contribution in [0.4, 0.5) is 5.69 Å². The number of likely N-dealkylation sites (tertiary alicyclic amines) is 1. The molecule has 0 unspecified atom stereocenters. The lowest BCUT2D eigenvalue weighted by Gasteiger charge is -2.27. The van der Waals surface area contributed by atoms with Crippen LogP contribution < -0.4 is 18.1 Å². The maximum Gasteiger partial charge on any atom is 0.255 e. The molecule has 0 radical (unpaired) electrons. The fraction of sp³-hybridized carbons (Fsp3) is 0.417. The Bertz CT molecular complexity index is 362. The van der Waals surface area contributed by atoms with Crippen molar-refractivity contribution in [3.8, 4) is 0 Å². The van der Waals surface area contributed by atoms with Crippen LogP contribution in [-0.2, 0) is 0 Å². The molecule has 1 saturated heterocycles. The van der Waals surface area contributed by atoms with Gasteiger partial charge in [0.25, 0.3) is 5.91 Å². The number of hydrogen-bond donors (Lipinski definition) is 1. The zero-order valence-corrected chi connectivity index (χ0v) is 9.91. The van der Waals surface area contributed by atoms with Crippen LogP contribution in [0.2, 0.25) is 0 Å². The number of nitrogens with two attached hydrogens (primary N) is 1. The molecule has 4 heteroatoms. The van der Waals surface area contributed by atoms with Gasteiger partial charge in [-0.05, 0) is 31.4 Å². The summed E-state index contributed by atoms with van der Waals surface area (Å²) in [6.45, 7) is 1.74. The second-order valence-electron chi connectivity index (χ2n) is 3.94. The first kappa shape index (κ1) is 12.8. The molecule has 2 N–H and O–H groups in total. The molecule has 1 aromatic rings. The summed E-state index contributed by atoms with van der Waals surface area (Å²) in [6.07, 6.45) is 3.45. The lowest BCUT2D eigenvalue weighted by Crippen LogP contribution is -3.00. The summed E-state index contributed by atoms with van der Waals surface area (Å²) in [5, 5.41) is 0. The number of halogens is 1. The van der Waals surface area contributed by atoms with Crippen molar-refractivity contribution in [2.45, 2.75) is 19.3 Å². The Morgan fingerprint density at radius 2 is 1.75 bits per heavy atom. The first-order valence-electron chi connectivity index (χ1n) is 5.43. The van der Waals surface area contributed by atoms with E-state index >= 15 is 0 Å². The van der Waals surface area contributed by atoms with Crippen molar-refractivity contribution in [2.75, 3.05) is 18.8 Å². The Kier molecular flexibility index (Phi) is 4.62. The summed E-state index contributed by atoms with van der Waals surface area (Å²) in [4.78, 5) is 14.0. The van der Waals surface area contributed by atoms with Crippen molar-refractivity contribution in [3.63, 3.8) is 0 Å². The van der Waals surface area contributed by atoms with Gasteiger partial charge in [0, 0.05) is 18.8 Å². The third-order valence-electron chi connectivity index (χ3n) is 2.83. The Hall–Kier alpha value is -1.22. The molecule has 1 aliphatic heterocycles. The van der Waals surface area contributed by atoms with E-state index in [-0.39, 0.29) is 18.3 Å². The molecular formula is C12H16ClN2O-. The fourth-order valence-electron chi connectivity index (χ4n) is 1.96. The Balaban J connectivity index is 0.00000128. The summed E-state index contributed by atoms with van der Waals surface area (Å²) in [5.74, 6) is 0.0767. The van der Waals surface area contributed by atoms with E-state index in [1.165, 1.54) is 6.42 Å². The van der Waals surface area contributed by atoms with Gasteiger partial charge in [-0.25, -0.2) is 0 Å².